The van der Waals surface area contributed by atoms with E-state index in [0.29, 0.717) is 53.7 Å². The Morgan fingerprint density at radius 1 is 1.07 bits per heavy atom. The summed E-state index contributed by atoms with van der Waals surface area (Å²) in [5, 5.41) is 0. The van der Waals surface area contributed by atoms with E-state index < -0.39 is 11.6 Å². The predicted octanol–water partition coefficient (Wildman–Crippen LogP) is 6.97. The largest absolute Gasteiger partial charge is 0.453 e. The fourth-order valence-electron chi connectivity index (χ4n) is 4.39. The molecule has 1 saturated carbocycles. The van der Waals surface area contributed by atoms with Gasteiger partial charge in [0, 0.05) is 58.4 Å². The lowest BCUT2D eigenvalue weighted by Gasteiger charge is -2.20. The summed E-state index contributed by atoms with van der Waals surface area (Å²) in [6.45, 7) is 2.88. The van der Waals surface area contributed by atoms with Crippen LogP contribution in [0.25, 0.3) is 20.8 Å². The molecule has 1 fully saturated rings. The van der Waals surface area contributed by atoms with Gasteiger partial charge in [-0.25, -0.2) is 4.39 Å². The number of Topliss-reactive ketones (excluding diaryl/α,β-unsaturated/α-hetero) is 1. The smallest absolute Gasteiger partial charge is 0.219 e. The van der Waals surface area contributed by atoms with Crippen LogP contribution in [0.15, 0.2) is 48.8 Å². The second-order valence-electron chi connectivity index (χ2n) is 9.93. The fraction of sp³-hybridized carbons (Fsp3) is 0.355. The van der Waals surface area contributed by atoms with E-state index in [-0.39, 0.29) is 36.9 Å². The number of amides is 1. The third kappa shape index (κ3) is 7.31. The molecule has 3 aromatic heterocycles. The SMILES string of the molecule is C.COCCN(Cc1ccc(-c2cc3nccc(Oc4ccc(CC(=O)CC5CC5)c(F)c4F)c3s2)nc1)C(C)=O. The molecule has 1 amide bonds. The summed E-state index contributed by atoms with van der Waals surface area (Å²) in [7, 11) is 1.59. The topological polar surface area (TPSA) is 81.6 Å². The molecule has 1 aromatic carbocycles. The maximum absolute atomic E-state index is 14.9. The van der Waals surface area contributed by atoms with Crippen LogP contribution in [0.3, 0.4) is 0 Å². The van der Waals surface area contributed by atoms with Gasteiger partial charge in [-0.2, -0.15) is 4.39 Å². The number of nitrogens with zero attached hydrogens (tertiary/aromatic N) is 3. The van der Waals surface area contributed by atoms with Gasteiger partial charge < -0.3 is 14.4 Å². The van der Waals surface area contributed by atoms with Crippen molar-refractivity contribution >= 4 is 33.2 Å². The first-order valence-corrected chi connectivity index (χ1v) is 13.9. The Bertz CT molecular complexity index is 1540. The van der Waals surface area contributed by atoms with Crippen LogP contribution in [0.2, 0.25) is 0 Å². The van der Waals surface area contributed by atoms with Crippen molar-refractivity contribution in [1.82, 2.24) is 14.9 Å². The molecule has 216 valence electrons. The zero-order valence-corrected chi connectivity index (χ0v) is 23.1. The van der Waals surface area contributed by atoms with Gasteiger partial charge in [0.15, 0.2) is 11.6 Å². The van der Waals surface area contributed by atoms with E-state index in [9.17, 15) is 18.4 Å². The van der Waals surface area contributed by atoms with E-state index in [0.717, 1.165) is 23.3 Å². The molecule has 1 aliphatic rings. The average Bonchev–Trinajstić information content (AvgIpc) is 3.64. The van der Waals surface area contributed by atoms with E-state index in [4.69, 9.17) is 9.47 Å². The normalized spacial score (nSPS) is 12.7. The number of aromatic nitrogens is 2. The number of hydrogen-bond acceptors (Lipinski definition) is 7. The predicted molar refractivity (Wildman–Crippen MR) is 155 cm³/mol. The molecule has 1 aliphatic carbocycles. The Morgan fingerprint density at radius 2 is 1.88 bits per heavy atom. The van der Waals surface area contributed by atoms with Gasteiger partial charge in [0.2, 0.25) is 11.7 Å². The van der Waals surface area contributed by atoms with Gasteiger partial charge in [-0.1, -0.05) is 19.6 Å². The monoisotopic (exact) mass is 581 g/mol. The number of thiophene rings is 1. The van der Waals surface area contributed by atoms with E-state index in [1.165, 1.54) is 30.4 Å². The number of ether oxygens (including phenoxy) is 2. The molecule has 4 aromatic rings. The summed E-state index contributed by atoms with van der Waals surface area (Å²) in [5.74, 6) is -1.84. The van der Waals surface area contributed by atoms with Crippen LogP contribution in [0, 0.1) is 17.6 Å². The Hall–Kier alpha value is -3.76. The first-order valence-electron chi connectivity index (χ1n) is 13.1. The lowest BCUT2D eigenvalue weighted by molar-refractivity contribution is -0.130. The summed E-state index contributed by atoms with van der Waals surface area (Å²) < 4.78 is 41.3. The van der Waals surface area contributed by atoms with Gasteiger partial charge in [0.1, 0.15) is 11.5 Å². The number of carbonyl (C=O) groups is 2. The Balaban J connectivity index is 0.00000387. The van der Waals surface area contributed by atoms with Gasteiger partial charge in [0.05, 0.1) is 27.4 Å². The third-order valence-corrected chi connectivity index (χ3v) is 7.95. The van der Waals surface area contributed by atoms with Crippen LogP contribution < -0.4 is 4.74 Å². The summed E-state index contributed by atoms with van der Waals surface area (Å²) in [6.07, 6.45) is 5.60. The maximum Gasteiger partial charge on any atom is 0.219 e. The third-order valence-electron chi connectivity index (χ3n) is 6.78. The van der Waals surface area contributed by atoms with Crippen molar-refractivity contribution in [3.8, 4) is 22.1 Å². The molecule has 0 atom stereocenters. The molecule has 0 aliphatic heterocycles. The minimum atomic E-state index is -1.12. The Kier molecular flexibility index (Phi) is 9.77. The number of rotatable bonds is 12. The highest BCUT2D eigenvalue weighted by Gasteiger charge is 2.25. The number of methoxy groups -OCH3 is 1. The minimum absolute atomic E-state index is 0. The number of carbonyl (C=O) groups excluding carboxylic acids is 2. The van der Waals surface area contributed by atoms with Crippen LogP contribution >= 0.6 is 11.3 Å². The van der Waals surface area contributed by atoms with E-state index in [1.54, 1.807) is 30.5 Å². The number of pyridine rings is 2. The number of fused-ring (bicyclic) bond motifs is 1. The van der Waals surface area contributed by atoms with E-state index in [1.807, 2.05) is 18.2 Å². The summed E-state index contributed by atoms with van der Waals surface area (Å²) >= 11 is 1.37. The first kappa shape index (κ1) is 30.2. The van der Waals surface area contributed by atoms with Crippen molar-refractivity contribution in [3.63, 3.8) is 0 Å². The summed E-state index contributed by atoms with van der Waals surface area (Å²) in [4.78, 5) is 35.5. The molecule has 3 heterocycles. The lowest BCUT2D eigenvalue weighted by atomic mass is 10.0. The van der Waals surface area contributed by atoms with Gasteiger partial charge in [-0.3, -0.25) is 19.6 Å². The molecule has 0 radical (unpaired) electrons. The summed E-state index contributed by atoms with van der Waals surface area (Å²) in [5.41, 5.74) is 2.26. The van der Waals surface area contributed by atoms with Crippen LogP contribution in [0.1, 0.15) is 44.7 Å². The molecular weight excluding hydrogens is 548 g/mol. The molecule has 5 rings (SSSR count). The molecule has 10 heteroatoms. The van der Waals surface area contributed by atoms with Crippen LogP contribution in [0.5, 0.6) is 11.5 Å². The van der Waals surface area contributed by atoms with Crippen molar-refractivity contribution in [2.24, 2.45) is 5.92 Å². The number of benzene rings is 1. The molecule has 0 saturated heterocycles. The number of ketones is 1. The quantitative estimate of drug-likeness (QED) is 0.180. The van der Waals surface area contributed by atoms with Crippen molar-refractivity contribution in [2.75, 3.05) is 20.3 Å². The first-order chi connectivity index (χ1) is 19.3. The number of halogens is 2. The standard InChI is InChI=1S/C30H29F2N3O4S.CH4/c1-18(36)35(11-12-38-2)17-20-5-7-23(34-16-20)27-15-24-30(40-27)26(9-10-33-24)39-25-8-6-21(28(31)29(25)32)14-22(37)13-19-3-4-19;/h5-10,15-16,19H,3-4,11-14,17H2,1-2H3;1H4. The lowest BCUT2D eigenvalue weighted by Crippen LogP contribution is -2.31. The molecule has 7 nitrogen and oxygen atoms in total. The van der Waals surface area contributed by atoms with Crippen LogP contribution in [0.4, 0.5) is 8.78 Å². The van der Waals surface area contributed by atoms with Crippen molar-refractivity contribution in [3.05, 3.63) is 71.6 Å². The Labute approximate surface area is 242 Å². The van der Waals surface area contributed by atoms with Gasteiger partial charge in [-0.15, -0.1) is 11.3 Å². The zero-order valence-electron chi connectivity index (χ0n) is 22.3. The summed E-state index contributed by atoms with van der Waals surface area (Å²) in [6, 6.07) is 10.0. The molecule has 0 N–H and O–H groups in total. The van der Waals surface area contributed by atoms with E-state index >= 15 is 0 Å². The Morgan fingerprint density at radius 3 is 2.56 bits per heavy atom. The molecule has 0 unspecified atom stereocenters. The van der Waals surface area contributed by atoms with E-state index in [2.05, 4.69) is 9.97 Å². The molecule has 0 bridgehead atoms. The minimum Gasteiger partial charge on any atom is -0.453 e. The van der Waals surface area contributed by atoms with Crippen molar-refractivity contribution < 1.29 is 27.8 Å². The van der Waals surface area contributed by atoms with Gasteiger partial charge >= 0.3 is 0 Å². The highest BCUT2D eigenvalue weighted by atomic mass is 32.1. The van der Waals surface area contributed by atoms with Crippen LogP contribution in [-0.2, 0) is 27.3 Å². The fourth-order valence-corrected chi connectivity index (χ4v) is 5.43. The van der Waals surface area contributed by atoms with Crippen molar-refractivity contribution in [2.45, 2.75) is 46.6 Å². The maximum atomic E-state index is 14.9. The second kappa shape index (κ2) is 13.3. The number of hydrogen-bond donors (Lipinski definition) is 0. The molecule has 41 heavy (non-hydrogen) atoms. The van der Waals surface area contributed by atoms with Crippen molar-refractivity contribution in [1.29, 1.82) is 0 Å². The second-order valence-corrected chi connectivity index (χ2v) is 11.0. The van der Waals surface area contributed by atoms with Crippen LogP contribution in [-0.4, -0.2) is 46.8 Å². The molecule has 0 spiro atoms. The molecular formula is C31H33F2N3O4S. The average molecular weight is 582 g/mol. The highest BCUT2D eigenvalue weighted by Crippen LogP contribution is 2.39. The zero-order chi connectivity index (χ0) is 28.2. The highest BCUT2D eigenvalue weighted by molar-refractivity contribution is 7.22. The van der Waals surface area contributed by atoms with Gasteiger partial charge in [-0.05, 0) is 48.1 Å². The van der Waals surface area contributed by atoms with Gasteiger partial charge in [0.25, 0.3) is 0 Å².